The molecule has 1 amide bonds. The molecule has 1 N–H and O–H groups in total. The van der Waals surface area contributed by atoms with Crippen molar-refractivity contribution in [2.75, 3.05) is 0 Å². The minimum atomic E-state index is 0.0597. The number of hydrogen-bond donors (Lipinski definition) is 1. The Morgan fingerprint density at radius 2 is 1.94 bits per heavy atom. The molecule has 0 radical (unpaired) electrons. The molecule has 2 nitrogen and oxygen atoms in total. The number of halogens is 1. The van der Waals surface area contributed by atoms with Crippen LogP contribution in [0.4, 0.5) is 0 Å². The molecular formula is C15H20BrNO. The van der Waals surface area contributed by atoms with Crippen molar-refractivity contribution in [3.8, 4) is 0 Å². The molecule has 0 aromatic heterocycles. The first-order chi connectivity index (χ1) is 8.68. The third-order valence-corrected chi connectivity index (χ3v) is 4.73. The first-order valence-electron chi connectivity index (χ1n) is 6.69. The Labute approximate surface area is 117 Å². The molecule has 1 fully saturated rings. The van der Waals surface area contributed by atoms with Gasteiger partial charge in [0.05, 0.1) is 0 Å². The number of rotatable bonds is 2. The summed E-state index contributed by atoms with van der Waals surface area (Å²) >= 11 is 3.71. The second-order valence-electron chi connectivity index (χ2n) is 5.05. The molecule has 3 heteroatoms. The highest BCUT2D eigenvalue weighted by atomic mass is 79.9. The highest BCUT2D eigenvalue weighted by molar-refractivity contribution is 9.09. The third-order valence-electron chi connectivity index (χ3n) is 3.64. The van der Waals surface area contributed by atoms with Gasteiger partial charge < -0.3 is 5.32 Å². The maximum Gasteiger partial charge on any atom is 0.251 e. The van der Waals surface area contributed by atoms with Crippen LogP contribution < -0.4 is 5.32 Å². The summed E-state index contributed by atoms with van der Waals surface area (Å²) in [6.45, 7) is 1.98. The van der Waals surface area contributed by atoms with Gasteiger partial charge in [0.2, 0.25) is 0 Å². The van der Waals surface area contributed by atoms with Crippen LogP contribution in [0.1, 0.15) is 48.0 Å². The van der Waals surface area contributed by atoms with E-state index in [4.69, 9.17) is 0 Å². The van der Waals surface area contributed by atoms with E-state index in [0.717, 1.165) is 24.0 Å². The standard InChI is InChI=1S/C15H20BrNO/c1-11-7-5-6-8-12(11)15(18)17-14-10-4-2-3-9-13(14)16/h5-8,13-14H,2-4,9-10H2,1H3,(H,17,18). The number of benzene rings is 1. The maximum atomic E-state index is 12.3. The molecule has 1 saturated carbocycles. The summed E-state index contributed by atoms with van der Waals surface area (Å²) < 4.78 is 0. The van der Waals surface area contributed by atoms with Gasteiger partial charge in [-0.3, -0.25) is 4.79 Å². The second-order valence-corrected chi connectivity index (χ2v) is 6.23. The summed E-state index contributed by atoms with van der Waals surface area (Å²) in [5.74, 6) is 0.0597. The fraction of sp³-hybridized carbons (Fsp3) is 0.533. The Kier molecular flexibility index (Phi) is 4.81. The molecule has 1 aliphatic rings. The molecule has 2 atom stereocenters. The number of carbonyl (C=O) groups excluding carboxylic acids is 1. The second kappa shape index (κ2) is 6.37. The van der Waals surface area contributed by atoms with Crippen LogP contribution in [0.5, 0.6) is 0 Å². The molecule has 18 heavy (non-hydrogen) atoms. The molecule has 2 unspecified atom stereocenters. The first-order valence-corrected chi connectivity index (χ1v) is 7.60. The van der Waals surface area contributed by atoms with Crippen molar-refractivity contribution in [2.24, 2.45) is 0 Å². The number of alkyl halides is 1. The van der Waals surface area contributed by atoms with Crippen LogP contribution in [0.25, 0.3) is 0 Å². The van der Waals surface area contributed by atoms with Gasteiger partial charge in [0, 0.05) is 16.4 Å². The molecule has 0 saturated heterocycles. The van der Waals surface area contributed by atoms with Crippen LogP contribution in [-0.2, 0) is 0 Å². The topological polar surface area (TPSA) is 29.1 Å². The van der Waals surface area contributed by atoms with Gasteiger partial charge in [0.1, 0.15) is 0 Å². The van der Waals surface area contributed by atoms with Gasteiger partial charge in [-0.05, 0) is 31.4 Å². The summed E-state index contributed by atoms with van der Waals surface area (Å²) in [7, 11) is 0. The first kappa shape index (κ1) is 13.6. The minimum Gasteiger partial charge on any atom is -0.348 e. The van der Waals surface area contributed by atoms with Crippen LogP contribution in [0.3, 0.4) is 0 Å². The summed E-state index contributed by atoms with van der Waals surface area (Å²) in [4.78, 5) is 12.7. The molecule has 1 aliphatic carbocycles. The van der Waals surface area contributed by atoms with E-state index in [0.29, 0.717) is 4.83 Å². The Hall–Kier alpha value is -0.830. The van der Waals surface area contributed by atoms with E-state index in [1.165, 1.54) is 19.3 Å². The largest absolute Gasteiger partial charge is 0.348 e. The van der Waals surface area contributed by atoms with Crippen LogP contribution in [0.2, 0.25) is 0 Å². The molecule has 0 aliphatic heterocycles. The molecular weight excluding hydrogens is 290 g/mol. The number of carbonyl (C=O) groups is 1. The summed E-state index contributed by atoms with van der Waals surface area (Å²) in [6, 6.07) is 8.02. The average Bonchev–Trinajstić information content (AvgIpc) is 2.55. The van der Waals surface area contributed by atoms with Crippen molar-refractivity contribution in [2.45, 2.75) is 49.9 Å². The van der Waals surface area contributed by atoms with Crippen LogP contribution in [-0.4, -0.2) is 16.8 Å². The lowest BCUT2D eigenvalue weighted by atomic mass is 10.1. The Bertz CT molecular complexity index is 419. The van der Waals surface area contributed by atoms with Crippen LogP contribution >= 0.6 is 15.9 Å². The van der Waals surface area contributed by atoms with E-state index in [9.17, 15) is 4.79 Å². The van der Waals surface area contributed by atoms with Crippen molar-refractivity contribution in [3.05, 3.63) is 35.4 Å². The third kappa shape index (κ3) is 3.35. The van der Waals surface area contributed by atoms with Gasteiger partial charge >= 0.3 is 0 Å². The number of hydrogen-bond acceptors (Lipinski definition) is 1. The van der Waals surface area contributed by atoms with Crippen molar-refractivity contribution in [1.29, 1.82) is 0 Å². The molecule has 98 valence electrons. The lowest BCUT2D eigenvalue weighted by molar-refractivity contribution is 0.0934. The molecule has 0 bridgehead atoms. The van der Waals surface area contributed by atoms with E-state index in [-0.39, 0.29) is 11.9 Å². The summed E-state index contributed by atoms with van der Waals surface area (Å²) in [6.07, 6.45) is 5.97. The Morgan fingerprint density at radius 1 is 1.22 bits per heavy atom. The Balaban J connectivity index is 2.04. The average molecular weight is 310 g/mol. The van der Waals surface area contributed by atoms with Crippen LogP contribution in [0, 0.1) is 6.92 Å². The van der Waals surface area contributed by atoms with Gasteiger partial charge in [0.15, 0.2) is 0 Å². The van der Waals surface area contributed by atoms with E-state index < -0.39 is 0 Å². The van der Waals surface area contributed by atoms with E-state index in [1.807, 2.05) is 31.2 Å². The Morgan fingerprint density at radius 3 is 2.72 bits per heavy atom. The lowest BCUT2D eigenvalue weighted by Crippen LogP contribution is -2.40. The van der Waals surface area contributed by atoms with Gasteiger partial charge in [0.25, 0.3) is 5.91 Å². The van der Waals surface area contributed by atoms with Crippen LogP contribution in [0.15, 0.2) is 24.3 Å². The zero-order valence-electron chi connectivity index (χ0n) is 10.8. The van der Waals surface area contributed by atoms with E-state index in [2.05, 4.69) is 21.2 Å². The van der Waals surface area contributed by atoms with E-state index in [1.54, 1.807) is 0 Å². The SMILES string of the molecule is Cc1ccccc1C(=O)NC1CCCCCC1Br. The monoisotopic (exact) mass is 309 g/mol. The highest BCUT2D eigenvalue weighted by Gasteiger charge is 2.23. The minimum absolute atomic E-state index is 0.0597. The zero-order chi connectivity index (χ0) is 13.0. The van der Waals surface area contributed by atoms with Crippen molar-refractivity contribution in [3.63, 3.8) is 0 Å². The van der Waals surface area contributed by atoms with Gasteiger partial charge in [-0.2, -0.15) is 0 Å². The smallest absolute Gasteiger partial charge is 0.251 e. The molecule has 2 rings (SSSR count). The fourth-order valence-corrected chi connectivity index (χ4v) is 3.22. The fourth-order valence-electron chi connectivity index (χ4n) is 2.50. The van der Waals surface area contributed by atoms with Gasteiger partial charge in [-0.1, -0.05) is 53.4 Å². The predicted octanol–water partition coefficient (Wildman–Crippen LogP) is 3.82. The predicted molar refractivity (Wildman–Crippen MR) is 78.2 cm³/mol. The van der Waals surface area contributed by atoms with Crippen molar-refractivity contribution in [1.82, 2.24) is 5.32 Å². The maximum absolute atomic E-state index is 12.3. The molecule has 1 aromatic carbocycles. The quantitative estimate of drug-likeness (QED) is 0.653. The molecule has 1 aromatic rings. The van der Waals surface area contributed by atoms with Crippen molar-refractivity contribution < 1.29 is 4.79 Å². The summed E-state index contributed by atoms with van der Waals surface area (Å²) in [5, 5.41) is 3.18. The lowest BCUT2D eigenvalue weighted by Gasteiger charge is -2.21. The highest BCUT2D eigenvalue weighted by Crippen LogP contribution is 2.24. The number of amides is 1. The zero-order valence-corrected chi connectivity index (χ0v) is 12.4. The van der Waals surface area contributed by atoms with Gasteiger partial charge in [-0.15, -0.1) is 0 Å². The van der Waals surface area contributed by atoms with Gasteiger partial charge in [-0.25, -0.2) is 0 Å². The number of nitrogens with one attached hydrogen (secondary N) is 1. The molecule has 0 heterocycles. The summed E-state index contributed by atoms with van der Waals surface area (Å²) in [5.41, 5.74) is 1.83. The number of aryl methyl sites for hydroxylation is 1. The van der Waals surface area contributed by atoms with Crippen molar-refractivity contribution >= 4 is 21.8 Å². The normalized spacial score (nSPS) is 24.3. The van der Waals surface area contributed by atoms with E-state index >= 15 is 0 Å². The molecule has 0 spiro atoms.